The van der Waals surface area contributed by atoms with E-state index in [-0.39, 0.29) is 30.4 Å². The lowest BCUT2D eigenvalue weighted by atomic mass is 10.1. The highest BCUT2D eigenvalue weighted by molar-refractivity contribution is 7.99. The molecule has 0 saturated heterocycles. The Morgan fingerprint density at radius 2 is 1.72 bits per heavy atom. The third-order valence-electron chi connectivity index (χ3n) is 4.46. The van der Waals surface area contributed by atoms with Gasteiger partial charge in [-0.05, 0) is 6.42 Å². The summed E-state index contributed by atoms with van der Waals surface area (Å²) in [4.78, 5) is 23.7. The summed E-state index contributed by atoms with van der Waals surface area (Å²) < 4.78 is 6.16. The van der Waals surface area contributed by atoms with Crippen LogP contribution in [0.5, 0.6) is 0 Å². The molecule has 0 rings (SSSR count). The Kier molecular flexibility index (Phi) is 15.2. The highest BCUT2D eigenvalue weighted by atomic mass is 32.2. The van der Waals surface area contributed by atoms with E-state index in [9.17, 15) is 14.7 Å². The Bertz CT molecular complexity index is 460. The van der Waals surface area contributed by atoms with E-state index in [1.807, 2.05) is 20.8 Å². The molecule has 0 spiro atoms. The molecule has 3 unspecified atom stereocenters. The topological polar surface area (TPSA) is 99.7 Å². The number of thioether (sulfide) groups is 1. The molecule has 29 heavy (non-hydrogen) atoms. The fraction of sp³-hybridized carbons (Fsp3) is 0.900. The number of carbonyl (C=O) groups excluding carboxylic acids is 2. The Morgan fingerprint density at radius 1 is 1.07 bits per heavy atom. The van der Waals surface area contributed by atoms with Gasteiger partial charge in [-0.25, -0.2) is 4.79 Å². The zero-order chi connectivity index (χ0) is 22.3. The molecular formula is C20H43N4O4S+. The summed E-state index contributed by atoms with van der Waals surface area (Å²) in [5.74, 6) is 1.59. The smallest absolute Gasteiger partial charge is 0.314 e. The molecule has 0 saturated carbocycles. The highest BCUT2D eigenvalue weighted by Gasteiger charge is 2.14. The van der Waals surface area contributed by atoms with Gasteiger partial charge in [0.2, 0.25) is 5.91 Å². The van der Waals surface area contributed by atoms with Gasteiger partial charge in [0.25, 0.3) is 0 Å². The van der Waals surface area contributed by atoms with Crippen molar-refractivity contribution in [2.45, 2.75) is 39.9 Å². The normalized spacial score (nSPS) is 14.7. The zero-order valence-electron chi connectivity index (χ0n) is 19.1. The van der Waals surface area contributed by atoms with Crippen LogP contribution in [0, 0.1) is 11.8 Å². The van der Waals surface area contributed by atoms with Gasteiger partial charge in [-0.15, -0.1) is 0 Å². The van der Waals surface area contributed by atoms with Gasteiger partial charge in [0.15, 0.2) is 6.29 Å². The molecule has 0 aromatic carbocycles. The first-order valence-electron chi connectivity index (χ1n) is 10.5. The van der Waals surface area contributed by atoms with Crippen molar-refractivity contribution in [3.8, 4) is 0 Å². The molecule has 0 bridgehead atoms. The van der Waals surface area contributed by atoms with Crippen LogP contribution in [-0.2, 0) is 9.53 Å². The Morgan fingerprint density at radius 3 is 2.34 bits per heavy atom. The summed E-state index contributed by atoms with van der Waals surface area (Å²) in [5, 5.41) is 18.1. The number of amides is 3. The number of aliphatic hydroxyl groups is 1. The number of nitrogens with one attached hydrogen (secondary N) is 3. The Labute approximate surface area is 181 Å². The number of rotatable bonds is 16. The Hall–Kier alpha value is -1.03. The molecule has 3 amide bonds. The van der Waals surface area contributed by atoms with Crippen LogP contribution in [-0.4, -0.2) is 93.3 Å². The van der Waals surface area contributed by atoms with Crippen LogP contribution in [0.15, 0.2) is 0 Å². The molecular weight excluding hydrogens is 392 g/mol. The number of hydrogen-bond acceptors (Lipinski definition) is 5. The average molecular weight is 436 g/mol. The molecule has 0 fully saturated rings. The summed E-state index contributed by atoms with van der Waals surface area (Å²) in [7, 11) is 6.42. The minimum Gasteiger partial charge on any atom is -0.368 e. The first-order valence-corrected chi connectivity index (χ1v) is 11.7. The number of urea groups is 1. The summed E-state index contributed by atoms with van der Waals surface area (Å²) in [6.45, 7) is 8.72. The maximum atomic E-state index is 12.1. The van der Waals surface area contributed by atoms with E-state index in [1.165, 1.54) is 0 Å². The Balaban J connectivity index is 3.64. The largest absolute Gasteiger partial charge is 0.368 e. The number of ether oxygens (including phenoxy) is 1. The minimum absolute atomic E-state index is 0.0490. The molecule has 0 aromatic heterocycles. The molecule has 8 nitrogen and oxygen atoms in total. The molecule has 0 aromatic rings. The van der Waals surface area contributed by atoms with Crippen molar-refractivity contribution in [2.24, 2.45) is 11.8 Å². The lowest BCUT2D eigenvalue weighted by Crippen LogP contribution is -2.39. The molecule has 0 aliphatic rings. The van der Waals surface area contributed by atoms with E-state index < -0.39 is 6.29 Å². The maximum absolute atomic E-state index is 12.1. The molecule has 0 heterocycles. The number of aliphatic hydroxyl groups excluding tert-OH is 1. The summed E-state index contributed by atoms with van der Waals surface area (Å²) in [6.07, 6.45) is 1.01. The second-order valence-corrected chi connectivity index (χ2v) is 9.61. The van der Waals surface area contributed by atoms with Crippen molar-refractivity contribution in [1.82, 2.24) is 16.0 Å². The van der Waals surface area contributed by atoms with E-state index in [0.29, 0.717) is 19.6 Å². The van der Waals surface area contributed by atoms with E-state index in [2.05, 4.69) is 37.1 Å². The van der Waals surface area contributed by atoms with Crippen molar-refractivity contribution >= 4 is 23.7 Å². The monoisotopic (exact) mass is 435 g/mol. The van der Waals surface area contributed by atoms with E-state index >= 15 is 0 Å². The van der Waals surface area contributed by atoms with Crippen LogP contribution >= 0.6 is 11.8 Å². The fourth-order valence-electron chi connectivity index (χ4n) is 2.28. The quantitative estimate of drug-likeness (QED) is 0.166. The number of hydrogen-bond donors (Lipinski definition) is 4. The first-order chi connectivity index (χ1) is 13.6. The van der Waals surface area contributed by atoms with Crippen LogP contribution in [0.1, 0.15) is 33.6 Å². The molecule has 4 N–H and O–H groups in total. The third-order valence-corrected chi connectivity index (χ3v) is 5.69. The molecule has 0 radical (unpaired) electrons. The summed E-state index contributed by atoms with van der Waals surface area (Å²) >= 11 is 1.65. The van der Waals surface area contributed by atoms with Crippen molar-refractivity contribution in [1.29, 1.82) is 0 Å². The lowest BCUT2D eigenvalue weighted by Gasteiger charge is -2.23. The summed E-state index contributed by atoms with van der Waals surface area (Å²) in [5.41, 5.74) is 0. The van der Waals surface area contributed by atoms with Gasteiger partial charge in [-0.1, -0.05) is 20.8 Å². The van der Waals surface area contributed by atoms with Gasteiger partial charge < -0.3 is 30.3 Å². The predicted octanol–water partition coefficient (Wildman–Crippen LogP) is 1.25. The predicted molar refractivity (Wildman–Crippen MR) is 120 cm³/mol. The SMILES string of the molecule is CCC(C)C(O)OCCNC(=O)NCCSCC(C)C(=O)NCCC[N+](C)(C)C. The molecule has 3 atom stereocenters. The molecule has 172 valence electrons. The van der Waals surface area contributed by atoms with Crippen LogP contribution in [0.3, 0.4) is 0 Å². The van der Waals surface area contributed by atoms with Crippen molar-refractivity contribution < 1.29 is 23.9 Å². The molecule has 9 heteroatoms. The van der Waals surface area contributed by atoms with Gasteiger partial charge in [-0.3, -0.25) is 4.79 Å². The van der Waals surface area contributed by atoms with Crippen LogP contribution in [0.25, 0.3) is 0 Å². The highest BCUT2D eigenvalue weighted by Crippen LogP contribution is 2.08. The minimum atomic E-state index is -0.793. The fourth-order valence-corrected chi connectivity index (χ4v) is 3.20. The maximum Gasteiger partial charge on any atom is 0.314 e. The van der Waals surface area contributed by atoms with Gasteiger partial charge in [0.1, 0.15) is 0 Å². The number of carbonyl (C=O) groups is 2. The third kappa shape index (κ3) is 16.5. The van der Waals surface area contributed by atoms with Gasteiger partial charge in [-0.2, -0.15) is 11.8 Å². The van der Waals surface area contributed by atoms with Crippen LogP contribution < -0.4 is 16.0 Å². The molecule has 0 aliphatic carbocycles. The second kappa shape index (κ2) is 15.8. The van der Waals surface area contributed by atoms with Crippen molar-refractivity contribution in [2.75, 3.05) is 65.4 Å². The van der Waals surface area contributed by atoms with Gasteiger partial charge in [0, 0.05) is 49.4 Å². The zero-order valence-corrected chi connectivity index (χ0v) is 19.9. The van der Waals surface area contributed by atoms with Crippen molar-refractivity contribution in [3.05, 3.63) is 0 Å². The van der Waals surface area contributed by atoms with Crippen LogP contribution in [0.2, 0.25) is 0 Å². The van der Waals surface area contributed by atoms with E-state index in [4.69, 9.17) is 4.74 Å². The van der Waals surface area contributed by atoms with Crippen molar-refractivity contribution in [3.63, 3.8) is 0 Å². The van der Waals surface area contributed by atoms with E-state index in [0.717, 1.165) is 35.4 Å². The lowest BCUT2D eigenvalue weighted by molar-refractivity contribution is -0.870. The van der Waals surface area contributed by atoms with Gasteiger partial charge in [0.05, 0.1) is 34.3 Å². The summed E-state index contributed by atoms with van der Waals surface area (Å²) in [6, 6.07) is -0.254. The average Bonchev–Trinajstić information content (AvgIpc) is 2.66. The number of nitrogens with zero attached hydrogens (tertiary/aromatic N) is 1. The molecule has 0 aliphatic heterocycles. The van der Waals surface area contributed by atoms with Crippen LogP contribution in [0.4, 0.5) is 4.79 Å². The number of quaternary nitrogens is 1. The second-order valence-electron chi connectivity index (χ2n) is 8.46. The van der Waals surface area contributed by atoms with Gasteiger partial charge >= 0.3 is 6.03 Å². The van der Waals surface area contributed by atoms with E-state index in [1.54, 1.807) is 11.8 Å². The standard InChI is InChI=1S/C20H42N4O4S/c1-7-16(2)19(26)28-13-10-22-20(27)23-11-14-29-15-17(3)18(25)21-9-8-12-24(4,5)6/h16-17,19,26H,7-15H2,1-6H3,(H2-,21,22,23,25,27)/p+1. The first kappa shape index (κ1) is 28.0.